The summed E-state index contributed by atoms with van der Waals surface area (Å²) in [5.41, 5.74) is -2.84. The van der Waals surface area contributed by atoms with Gasteiger partial charge >= 0.3 is 6.09 Å². The molecule has 0 bridgehead atoms. The summed E-state index contributed by atoms with van der Waals surface area (Å²) in [7, 11) is 1.69. The van der Waals surface area contributed by atoms with E-state index in [1.54, 1.807) is 7.05 Å². The van der Waals surface area contributed by atoms with Crippen molar-refractivity contribution in [2.75, 3.05) is 20.2 Å². The van der Waals surface area contributed by atoms with E-state index in [0.717, 1.165) is 0 Å². The van der Waals surface area contributed by atoms with Crippen LogP contribution >= 0.6 is 0 Å². The molecule has 38 heavy (non-hydrogen) atoms. The van der Waals surface area contributed by atoms with E-state index in [2.05, 4.69) is 31.4 Å². The summed E-state index contributed by atoms with van der Waals surface area (Å²) in [5.74, 6) is 0.293. The fraction of sp³-hybridized carbons (Fsp3) is 0.839. The van der Waals surface area contributed by atoms with Crippen molar-refractivity contribution >= 4 is 17.7 Å². The van der Waals surface area contributed by atoms with Gasteiger partial charge in [-0.05, 0) is 74.7 Å². The Balaban J connectivity index is 5.03. The molecule has 0 saturated heterocycles. The largest absolute Gasteiger partial charge is 0.445 e. The van der Waals surface area contributed by atoms with E-state index >= 15 is 0 Å². The molecule has 0 aliphatic carbocycles. The first-order chi connectivity index (χ1) is 16.7. The van der Waals surface area contributed by atoms with Gasteiger partial charge in [-0.2, -0.15) is 0 Å². The summed E-state index contributed by atoms with van der Waals surface area (Å²) in [6.45, 7) is 28.3. The zero-order chi connectivity index (χ0) is 30.4. The van der Waals surface area contributed by atoms with Crippen molar-refractivity contribution in [1.29, 1.82) is 0 Å². The minimum atomic E-state index is -0.775. The normalized spacial score (nSPS) is 16.6. The molecule has 0 saturated carbocycles. The average Bonchev–Trinajstić information content (AvgIpc) is 2.69. The van der Waals surface area contributed by atoms with Crippen molar-refractivity contribution in [2.45, 2.75) is 138 Å². The van der Waals surface area contributed by atoms with Gasteiger partial charge in [0.1, 0.15) is 6.61 Å². The number of carbonyl (C=O) groups is 3. The van der Waals surface area contributed by atoms with Gasteiger partial charge in [0.2, 0.25) is 0 Å². The molecular formula is C31H59N3O4. The molecule has 0 aromatic heterocycles. The summed E-state index contributed by atoms with van der Waals surface area (Å²) in [6.07, 6.45) is 5.14. The van der Waals surface area contributed by atoms with Gasteiger partial charge in [0, 0.05) is 35.5 Å². The number of Topliss-reactive ketones (excluding diaryl/α,β-unsaturated/α-hetero) is 2. The Hall–Kier alpha value is -1.73. The number of ether oxygens (including phenoxy) is 1. The van der Waals surface area contributed by atoms with E-state index in [0.29, 0.717) is 25.8 Å². The molecule has 222 valence electrons. The van der Waals surface area contributed by atoms with Gasteiger partial charge in [-0.1, -0.05) is 53.7 Å². The van der Waals surface area contributed by atoms with Gasteiger partial charge in [0.05, 0.1) is 11.1 Å². The number of amides is 1. The van der Waals surface area contributed by atoms with Crippen molar-refractivity contribution in [3.05, 3.63) is 12.2 Å². The van der Waals surface area contributed by atoms with Gasteiger partial charge in [-0.3, -0.25) is 9.59 Å². The zero-order valence-corrected chi connectivity index (χ0v) is 27.3. The number of nitrogens with one attached hydrogen (secondary N) is 2. The Labute approximate surface area is 233 Å². The molecule has 0 radical (unpaired) electrons. The second kappa shape index (κ2) is 13.1. The van der Waals surface area contributed by atoms with Gasteiger partial charge in [-0.15, -0.1) is 0 Å². The van der Waals surface area contributed by atoms with E-state index < -0.39 is 28.0 Å². The van der Waals surface area contributed by atoms with Crippen LogP contribution in [0.2, 0.25) is 0 Å². The molecule has 0 unspecified atom stereocenters. The molecule has 0 aliphatic heterocycles. The molecule has 0 aromatic rings. The Morgan fingerprint density at radius 2 is 1.05 bits per heavy atom. The van der Waals surface area contributed by atoms with E-state index in [-0.39, 0.29) is 29.3 Å². The Kier molecular flexibility index (Phi) is 12.5. The number of hydrogen-bond acceptors (Lipinski definition) is 6. The Morgan fingerprint density at radius 1 is 0.658 bits per heavy atom. The highest BCUT2D eigenvalue weighted by molar-refractivity contribution is 5.93. The number of carbonyl (C=O) groups excluding carboxylic acids is 3. The third-order valence-electron chi connectivity index (χ3n) is 6.21. The molecule has 0 heterocycles. The summed E-state index contributed by atoms with van der Waals surface area (Å²) >= 11 is 0. The number of allylic oxidation sites excluding steroid dienone is 1. The first-order valence-corrected chi connectivity index (χ1v) is 13.9. The van der Waals surface area contributed by atoms with Crippen LogP contribution in [0.3, 0.4) is 0 Å². The highest BCUT2D eigenvalue weighted by Crippen LogP contribution is 2.29. The molecule has 7 nitrogen and oxygen atoms in total. The van der Waals surface area contributed by atoms with Gasteiger partial charge in [0.25, 0.3) is 0 Å². The third-order valence-corrected chi connectivity index (χ3v) is 6.21. The first-order valence-electron chi connectivity index (χ1n) is 13.9. The van der Waals surface area contributed by atoms with Crippen molar-refractivity contribution in [1.82, 2.24) is 15.5 Å². The maximum atomic E-state index is 13.2. The van der Waals surface area contributed by atoms with Crippen LogP contribution in [-0.4, -0.2) is 64.9 Å². The minimum Gasteiger partial charge on any atom is -0.445 e. The predicted molar refractivity (Wildman–Crippen MR) is 158 cm³/mol. The Bertz CT molecular complexity index is 837. The van der Waals surface area contributed by atoms with Crippen molar-refractivity contribution in [3.63, 3.8) is 0 Å². The van der Waals surface area contributed by atoms with Crippen molar-refractivity contribution in [3.8, 4) is 0 Å². The zero-order valence-electron chi connectivity index (χ0n) is 27.3. The molecule has 0 aromatic carbocycles. The maximum Gasteiger partial charge on any atom is 0.409 e. The van der Waals surface area contributed by atoms with Crippen LogP contribution in [0, 0.1) is 10.8 Å². The number of hydrogen-bond donors (Lipinski definition) is 2. The summed E-state index contributed by atoms with van der Waals surface area (Å²) in [4.78, 5) is 40.5. The summed E-state index contributed by atoms with van der Waals surface area (Å²) < 4.78 is 5.42. The molecule has 7 heteroatoms. The number of nitrogens with zero attached hydrogens (tertiary/aromatic N) is 1. The molecular weight excluding hydrogens is 478 g/mol. The van der Waals surface area contributed by atoms with Crippen LogP contribution < -0.4 is 10.6 Å². The predicted octanol–water partition coefficient (Wildman–Crippen LogP) is 6.31. The second-order valence-corrected chi connectivity index (χ2v) is 15.3. The minimum absolute atomic E-state index is 0.113. The van der Waals surface area contributed by atoms with E-state index in [1.807, 2.05) is 88.3 Å². The lowest BCUT2D eigenvalue weighted by molar-refractivity contribution is -0.134. The van der Waals surface area contributed by atoms with Crippen molar-refractivity contribution in [2.24, 2.45) is 10.8 Å². The molecule has 2 N–H and O–H groups in total. The van der Waals surface area contributed by atoms with Crippen LogP contribution in [0.1, 0.15) is 116 Å². The lowest BCUT2D eigenvalue weighted by atomic mass is 9.75. The maximum absolute atomic E-state index is 13.2. The smallest absolute Gasteiger partial charge is 0.409 e. The van der Waals surface area contributed by atoms with E-state index in [4.69, 9.17) is 4.74 Å². The standard InChI is InChI=1S/C31H59N3O4/c1-26(2,3)23(35)30(13,32-28(7,8)9)19-17-16-18-22-38-25(37)34(15)21-20-31(14,33-29(10,11)12)24(36)27(4,5)6/h16,18,32-33H,17,19-22H2,1-15H3/b18-16+/t30-,31+/m0/s1. The summed E-state index contributed by atoms with van der Waals surface area (Å²) in [5, 5.41) is 6.99. The SMILES string of the molecule is CN(CC[C@@](C)(NC(C)(C)C)C(=O)C(C)(C)C)C(=O)OC/C=C/CC[C@](C)(NC(C)(C)C)C(=O)C(C)(C)C. The third kappa shape index (κ3) is 12.9. The van der Waals surface area contributed by atoms with Crippen LogP contribution in [0.4, 0.5) is 4.79 Å². The second-order valence-electron chi connectivity index (χ2n) is 15.3. The lowest BCUT2D eigenvalue weighted by Crippen LogP contribution is -2.60. The first kappa shape index (κ1) is 36.3. The average molecular weight is 538 g/mol. The van der Waals surface area contributed by atoms with Crippen LogP contribution in [0.25, 0.3) is 0 Å². The van der Waals surface area contributed by atoms with Crippen LogP contribution in [-0.2, 0) is 14.3 Å². The van der Waals surface area contributed by atoms with Gasteiger partial charge < -0.3 is 20.3 Å². The van der Waals surface area contributed by atoms with Crippen LogP contribution in [0.15, 0.2) is 12.2 Å². The summed E-state index contributed by atoms with van der Waals surface area (Å²) in [6, 6.07) is 0. The Morgan fingerprint density at radius 3 is 1.42 bits per heavy atom. The van der Waals surface area contributed by atoms with Gasteiger partial charge in [-0.25, -0.2) is 4.79 Å². The molecule has 1 amide bonds. The molecule has 0 spiro atoms. The lowest BCUT2D eigenvalue weighted by Gasteiger charge is -2.41. The molecule has 0 aliphatic rings. The molecule has 0 fully saturated rings. The van der Waals surface area contributed by atoms with Gasteiger partial charge in [0.15, 0.2) is 11.6 Å². The molecule has 2 atom stereocenters. The number of rotatable bonds is 12. The highest BCUT2D eigenvalue weighted by atomic mass is 16.6. The van der Waals surface area contributed by atoms with Crippen LogP contribution in [0.5, 0.6) is 0 Å². The molecule has 0 rings (SSSR count). The monoisotopic (exact) mass is 537 g/mol. The highest BCUT2D eigenvalue weighted by Gasteiger charge is 2.42. The topological polar surface area (TPSA) is 87.7 Å². The van der Waals surface area contributed by atoms with Crippen molar-refractivity contribution < 1.29 is 19.1 Å². The number of ketones is 2. The van der Waals surface area contributed by atoms with E-state index in [9.17, 15) is 14.4 Å². The van der Waals surface area contributed by atoms with E-state index in [1.165, 1.54) is 4.90 Å². The fourth-order valence-corrected chi connectivity index (χ4v) is 5.05. The fourth-order valence-electron chi connectivity index (χ4n) is 5.05. The quantitative estimate of drug-likeness (QED) is 0.284.